The Labute approximate surface area is 92.6 Å². The van der Waals surface area contributed by atoms with E-state index in [-0.39, 0.29) is 0 Å². The predicted octanol–water partition coefficient (Wildman–Crippen LogP) is 3.52. The van der Waals surface area contributed by atoms with Gasteiger partial charge in [-0.2, -0.15) is 5.26 Å². The Morgan fingerprint density at radius 2 is 2.21 bits per heavy atom. The highest BCUT2D eigenvalue weighted by atomic mass is 79.9. The van der Waals surface area contributed by atoms with Crippen molar-refractivity contribution in [3.63, 3.8) is 0 Å². The maximum atomic E-state index is 8.60. The molecule has 0 unspecified atom stereocenters. The molecular formula is C11H12BrNO. The van der Waals surface area contributed by atoms with Crippen molar-refractivity contribution in [1.29, 1.82) is 5.26 Å². The van der Waals surface area contributed by atoms with Crippen molar-refractivity contribution in [3.8, 4) is 11.8 Å². The van der Waals surface area contributed by atoms with Gasteiger partial charge in [-0.15, -0.1) is 0 Å². The Hall–Kier alpha value is -1.01. The third-order valence-electron chi connectivity index (χ3n) is 1.70. The van der Waals surface area contributed by atoms with Gasteiger partial charge in [-0.1, -0.05) is 22.0 Å². The van der Waals surface area contributed by atoms with Crippen LogP contribution in [0.2, 0.25) is 0 Å². The predicted molar refractivity (Wildman–Crippen MR) is 59.1 cm³/mol. The van der Waals surface area contributed by atoms with Gasteiger partial charge in [-0.05, 0) is 32.0 Å². The molecule has 0 atom stereocenters. The third-order valence-corrected chi connectivity index (χ3v) is 2.19. The number of hydrogen-bond acceptors (Lipinski definition) is 2. The highest BCUT2D eigenvalue weighted by molar-refractivity contribution is 9.10. The number of halogens is 1. The van der Waals surface area contributed by atoms with E-state index >= 15 is 0 Å². The zero-order valence-electron chi connectivity index (χ0n) is 8.25. The van der Waals surface area contributed by atoms with Gasteiger partial charge in [0.05, 0.1) is 12.5 Å². The average Bonchev–Trinajstić information content (AvgIpc) is 2.02. The molecule has 14 heavy (non-hydrogen) atoms. The van der Waals surface area contributed by atoms with Crippen molar-refractivity contribution in [2.24, 2.45) is 0 Å². The topological polar surface area (TPSA) is 33.0 Å². The van der Waals surface area contributed by atoms with Crippen LogP contribution in [-0.4, -0.2) is 5.60 Å². The van der Waals surface area contributed by atoms with Gasteiger partial charge in [0.15, 0.2) is 0 Å². The fraction of sp³-hybridized carbons (Fsp3) is 0.364. The van der Waals surface area contributed by atoms with Crippen molar-refractivity contribution in [3.05, 3.63) is 28.7 Å². The van der Waals surface area contributed by atoms with Crippen molar-refractivity contribution in [1.82, 2.24) is 0 Å². The van der Waals surface area contributed by atoms with Crippen LogP contribution in [0.15, 0.2) is 28.7 Å². The molecule has 1 aromatic rings. The van der Waals surface area contributed by atoms with Crippen LogP contribution in [0.5, 0.6) is 5.75 Å². The number of nitriles is 1. The van der Waals surface area contributed by atoms with E-state index in [4.69, 9.17) is 10.00 Å². The quantitative estimate of drug-likeness (QED) is 0.826. The van der Waals surface area contributed by atoms with E-state index in [0.717, 1.165) is 10.2 Å². The summed E-state index contributed by atoms with van der Waals surface area (Å²) in [6.07, 6.45) is 0.375. The van der Waals surface area contributed by atoms with Crippen molar-refractivity contribution in [2.75, 3.05) is 0 Å². The van der Waals surface area contributed by atoms with Crippen LogP contribution < -0.4 is 4.74 Å². The van der Waals surface area contributed by atoms with Crippen LogP contribution >= 0.6 is 15.9 Å². The second-order valence-corrected chi connectivity index (χ2v) is 4.57. The molecule has 0 saturated heterocycles. The molecule has 0 aliphatic rings. The molecule has 3 heteroatoms. The summed E-state index contributed by atoms with van der Waals surface area (Å²) in [4.78, 5) is 0. The van der Waals surface area contributed by atoms with Crippen LogP contribution in [0.4, 0.5) is 0 Å². The number of rotatable bonds is 3. The molecule has 0 fully saturated rings. The molecule has 0 aliphatic carbocycles. The van der Waals surface area contributed by atoms with Gasteiger partial charge in [-0.25, -0.2) is 0 Å². The van der Waals surface area contributed by atoms with Crippen LogP contribution in [0.3, 0.4) is 0 Å². The van der Waals surface area contributed by atoms with E-state index in [1.54, 1.807) is 0 Å². The summed E-state index contributed by atoms with van der Waals surface area (Å²) in [6.45, 7) is 3.80. The number of hydrogen-bond donors (Lipinski definition) is 0. The molecule has 0 saturated carbocycles. The first-order valence-electron chi connectivity index (χ1n) is 4.35. The molecule has 0 heterocycles. The van der Waals surface area contributed by atoms with Crippen LogP contribution in [-0.2, 0) is 0 Å². The molecule has 0 N–H and O–H groups in total. The monoisotopic (exact) mass is 253 g/mol. The van der Waals surface area contributed by atoms with Gasteiger partial charge in [0.2, 0.25) is 0 Å². The Morgan fingerprint density at radius 1 is 1.50 bits per heavy atom. The first-order valence-corrected chi connectivity index (χ1v) is 5.14. The minimum Gasteiger partial charge on any atom is -0.487 e. The van der Waals surface area contributed by atoms with Crippen LogP contribution in [0.1, 0.15) is 20.3 Å². The minimum atomic E-state index is -0.435. The van der Waals surface area contributed by atoms with Crippen LogP contribution in [0, 0.1) is 11.3 Å². The zero-order valence-corrected chi connectivity index (χ0v) is 9.84. The zero-order chi connectivity index (χ0) is 10.6. The van der Waals surface area contributed by atoms with Gasteiger partial charge in [-0.3, -0.25) is 0 Å². The largest absolute Gasteiger partial charge is 0.487 e. The number of benzene rings is 1. The first kappa shape index (κ1) is 11.1. The molecule has 0 amide bonds. The lowest BCUT2D eigenvalue weighted by atomic mass is 10.1. The summed E-state index contributed by atoms with van der Waals surface area (Å²) in [5, 5.41) is 8.60. The summed E-state index contributed by atoms with van der Waals surface area (Å²) >= 11 is 3.36. The Kier molecular flexibility index (Phi) is 3.54. The average molecular weight is 254 g/mol. The molecule has 0 aromatic heterocycles. The summed E-state index contributed by atoms with van der Waals surface area (Å²) < 4.78 is 6.65. The SMILES string of the molecule is CC(C)(CC#N)Oc1cccc(Br)c1. The summed E-state index contributed by atoms with van der Waals surface area (Å²) in [6, 6.07) is 9.71. The lowest BCUT2D eigenvalue weighted by Gasteiger charge is -2.23. The van der Waals surface area contributed by atoms with E-state index in [9.17, 15) is 0 Å². The second kappa shape index (κ2) is 4.47. The van der Waals surface area contributed by atoms with E-state index in [1.165, 1.54) is 0 Å². The molecule has 2 nitrogen and oxygen atoms in total. The first-order chi connectivity index (χ1) is 6.53. The molecule has 74 valence electrons. The minimum absolute atomic E-state index is 0.375. The highest BCUT2D eigenvalue weighted by Crippen LogP contribution is 2.23. The fourth-order valence-corrected chi connectivity index (χ4v) is 1.45. The van der Waals surface area contributed by atoms with Gasteiger partial charge in [0, 0.05) is 4.47 Å². The maximum absolute atomic E-state index is 8.60. The van der Waals surface area contributed by atoms with Crippen molar-refractivity contribution >= 4 is 15.9 Å². The summed E-state index contributed by atoms with van der Waals surface area (Å²) in [5.41, 5.74) is -0.435. The van der Waals surface area contributed by atoms with Crippen molar-refractivity contribution < 1.29 is 4.74 Å². The Morgan fingerprint density at radius 3 is 2.79 bits per heavy atom. The standard InChI is InChI=1S/C11H12BrNO/c1-11(2,6-7-13)14-10-5-3-4-9(12)8-10/h3-5,8H,6H2,1-2H3. The number of nitrogens with zero attached hydrogens (tertiary/aromatic N) is 1. The fourth-order valence-electron chi connectivity index (χ4n) is 1.08. The van der Waals surface area contributed by atoms with E-state index < -0.39 is 5.60 Å². The normalized spacial score (nSPS) is 10.7. The van der Waals surface area contributed by atoms with Gasteiger partial charge < -0.3 is 4.74 Å². The maximum Gasteiger partial charge on any atom is 0.121 e. The van der Waals surface area contributed by atoms with E-state index in [2.05, 4.69) is 22.0 Å². The summed E-state index contributed by atoms with van der Waals surface area (Å²) in [7, 11) is 0. The van der Waals surface area contributed by atoms with E-state index in [0.29, 0.717) is 6.42 Å². The second-order valence-electron chi connectivity index (χ2n) is 3.65. The molecule has 1 aromatic carbocycles. The molecule has 0 radical (unpaired) electrons. The van der Waals surface area contributed by atoms with Gasteiger partial charge in [0.1, 0.15) is 11.4 Å². The number of ether oxygens (including phenoxy) is 1. The summed E-state index contributed by atoms with van der Waals surface area (Å²) in [5.74, 6) is 0.777. The lowest BCUT2D eigenvalue weighted by molar-refractivity contribution is 0.115. The smallest absolute Gasteiger partial charge is 0.121 e. The van der Waals surface area contributed by atoms with Gasteiger partial charge in [0.25, 0.3) is 0 Å². The Bertz CT molecular complexity index is 355. The molecule has 0 spiro atoms. The van der Waals surface area contributed by atoms with Crippen LogP contribution in [0.25, 0.3) is 0 Å². The Balaban J connectivity index is 2.74. The lowest BCUT2D eigenvalue weighted by Crippen LogP contribution is -2.27. The molecule has 0 bridgehead atoms. The molecule has 0 aliphatic heterocycles. The molecular weight excluding hydrogens is 242 g/mol. The highest BCUT2D eigenvalue weighted by Gasteiger charge is 2.19. The van der Waals surface area contributed by atoms with Gasteiger partial charge >= 0.3 is 0 Å². The molecule has 1 rings (SSSR count). The van der Waals surface area contributed by atoms with Crippen molar-refractivity contribution in [2.45, 2.75) is 25.9 Å². The third kappa shape index (κ3) is 3.39. The van der Waals surface area contributed by atoms with E-state index in [1.807, 2.05) is 38.1 Å².